The lowest BCUT2D eigenvalue weighted by atomic mass is 9.98. The maximum Gasteiger partial charge on any atom is 0.221 e. The van der Waals surface area contributed by atoms with Crippen LogP contribution >= 0.6 is 0 Å². The van der Waals surface area contributed by atoms with Crippen molar-refractivity contribution in [1.29, 1.82) is 0 Å². The first-order chi connectivity index (χ1) is 8.70. The molecule has 0 saturated carbocycles. The topological polar surface area (TPSA) is 55.1 Å². The molecule has 0 aliphatic carbocycles. The predicted octanol–water partition coefficient (Wildman–Crippen LogP) is 1.85. The summed E-state index contributed by atoms with van der Waals surface area (Å²) in [6.07, 6.45) is 1.08. The summed E-state index contributed by atoms with van der Waals surface area (Å²) in [6, 6.07) is 14.3. The van der Waals surface area contributed by atoms with Gasteiger partial charge < -0.3 is 11.1 Å². The predicted molar refractivity (Wildman–Crippen MR) is 74.3 cm³/mol. The fraction of sp³-hybridized carbons (Fsp3) is 0.267. The van der Waals surface area contributed by atoms with E-state index in [9.17, 15) is 4.79 Å². The van der Waals surface area contributed by atoms with E-state index in [1.54, 1.807) is 7.05 Å². The van der Waals surface area contributed by atoms with Crippen LogP contribution in [0, 0.1) is 0 Å². The van der Waals surface area contributed by atoms with Gasteiger partial charge in [0.1, 0.15) is 0 Å². The van der Waals surface area contributed by atoms with E-state index in [4.69, 9.17) is 5.73 Å². The van der Waals surface area contributed by atoms with Crippen LogP contribution in [0.15, 0.2) is 42.5 Å². The molecule has 0 aliphatic heterocycles. The van der Waals surface area contributed by atoms with Crippen molar-refractivity contribution in [3.63, 3.8) is 0 Å². The third-order valence-corrected chi connectivity index (χ3v) is 3.09. The summed E-state index contributed by atoms with van der Waals surface area (Å²) in [5.74, 6) is -0.0114. The molecule has 0 spiro atoms. The molecule has 2 rings (SSSR count). The molecular weight excluding hydrogens is 224 g/mol. The fourth-order valence-corrected chi connectivity index (χ4v) is 2.17. The van der Waals surface area contributed by atoms with Crippen LogP contribution in [0.25, 0.3) is 10.8 Å². The molecule has 0 aliphatic rings. The molecule has 2 aromatic carbocycles. The Morgan fingerprint density at radius 3 is 2.72 bits per heavy atom. The van der Waals surface area contributed by atoms with E-state index in [0.717, 1.165) is 6.42 Å². The number of nitrogens with one attached hydrogen (secondary N) is 1. The van der Waals surface area contributed by atoms with Crippen LogP contribution in [-0.4, -0.2) is 19.0 Å². The monoisotopic (exact) mass is 242 g/mol. The van der Waals surface area contributed by atoms with Gasteiger partial charge in [-0.1, -0.05) is 42.5 Å². The molecule has 2 aromatic rings. The quantitative estimate of drug-likeness (QED) is 0.859. The zero-order valence-corrected chi connectivity index (χ0v) is 10.5. The van der Waals surface area contributed by atoms with Crippen molar-refractivity contribution in [2.45, 2.75) is 18.9 Å². The van der Waals surface area contributed by atoms with Crippen molar-refractivity contribution in [3.8, 4) is 0 Å². The van der Waals surface area contributed by atoms with Crippen molar-refractivity contribution in [1.82, 2.24) is 5.32 Å². The van der Waals surface area contributed by atoms with Gasteiger partial charge in [-0.05, 0) is 22.8 Å². The average molecular weight is 242 g/mol. The number of benzene rings is 2. The second kappa shape index (κ2) is 5.65. The minimum atomic E-state index is -0.143. The Bertz CT molecular complexity index is 546. The van der Waals surface area contributed by atoms with E-state index in [2.05, 4.69) is 29.6 Å². The number of nitrogens with two attached hydrogens (primary N) is 1. The number of fused-ring (bicyclic) bond motifs is 1. The number of carbonyl (C=O) groups is 1. The highest BCUT2D eigenvalue weighted by Crippen LogP contribution is 2.19. The van der Waals surface area contributed by atoms with Crippen molar-refractivity contribution >= 4 is 16.7 Å². The van der Waals surface area contributed by atoms with Gasteiger partial charge in [0.2, 0.25) is 5.91 Å². The number of carbonyl (C=O) groups excluding carboxylic acids is 1. The van der Waals surface area contributed by atoms with E-state index < -0.39 is 0 Å². The summed E-state index contributed by atoms with van der Waals surface area (Å²) in [7, 11) is 1.63. The number of hydrogen-bond donors (Lipinski definition) is 2. The highest BCUT2D eigenvalue weighted by molar-refractivity contribution is 5.85. The number of rotatable bonds is 4. The fourth-order valence-electron chi connectivity index (χ4n) is 2.17. The summed E-state index contributed by atoms with van der Waals surface area (Å²) >= 11 is 0. The largest absolute Gasteiger partial charge is 0.359 e. The van der Waals surface area contributed by atoms with Crippen LogP contribution in [0.1, 0.15) is 12.0 Å². The van der Waals surface area contributed by atoms with Crippen molar-refractivity contribution < 1.29 is 4.79 Å². The Kier molecular flexibility index (Phi) is 3.95. The number of amides is 1. The van der Waals surface area contributed by atoms with Gasteiger partial charge in [0.25, 0.3) is 0 Å². The highest BCUT2D eigenvalue weighted by atomic mass is 16.1. The molecule has 1 unspecified atom stereocenters. The van der Waals surface area contributed by atoms with E-state index in [1.807, 2.05) is 18.2 Å². The van der Waals surface area contributed by atoms with Crippen LogP contribution in [0.3, 0.4) is 0 Å². The van der Waals surface area contributed by atoms with E-state index >= 15 is 0 Å². The Hall–Kier alpha value is -1.87. The molecule has 0 fully saturated rings. The van der Waals surface area contributed by atoms with Gasteiger partial charge in [-0.2, -0.15) is 0 Å². The maximum absolute atomic E-state index is 11.3. The summed E-state index contributed by atoms with van der Waals surface area (Å²) < 4.78 is 0. The Morgan fingerprint density at radius 1 is 1.22 bits per heavy atom. The van der Waals surface area contributed by atoms with E-state index in [-0.39, 0.29) is 11.9 Å². The average Bonchev–Trinajstić information content (AvgIpc) is 2.39. The van der Waals surface area contributed by atoms with Gasteiger partial charge >= 0.3 is 0 Å². The first-order valence-electron chi connectivity index (χ1n) is 6.13. The molecule has 0 bridgehead atoms. The van der Waals surface area contributed by atoms with Gasteiger partial charge in [0.15, 0.2) is 0 Å². The van der Waals surface area contributed by atoms with Crippen LogP contribution in [-0.2, 0) is 11.2 Å². The van der Waals surface area contributed by atoms with E-state index in [1.165, 1.54) is 16.3 Å². The third kappa shape index (κ3) is 2.87. The normalized spacial score (nSPS) is 12.3. The van der Waals surface area contributed by atoms with Gasteiger partial charge in [-0.15, -0.1) is 0 Å². The number of hydrogen-bond acceptors (Lipinski definition) is 2. The summed E-state index contributed by atoms with van der Waals surface area (Å²) in [5.41, 5.74) is 7.21. The molecule has 3 heteroatoms. The van der Waals surface area contributed by atoms with Gasteiger partial charge in [-0.25, -0.2) is 0 Å². The molecule has 1 atom stereocenters. The standard InChI is InChI=1S/C15H18N2O/c1-17-15(18)10-13(16)9-12-7-4-6-11-5-2-3-8-14(11)12/h2-8,13H,9-10,16H2,1H3,(H,17,18). The van der Waals surface area contributed by atoms with Crippen molar-refractivity contribution in [3.05, 3.63) is 48.0 Å². The van der Waals surface area contributed by atoms with Crippen LogP contribution < -0.4 is 11.1 Å². The highest BCUT2D eigenvalue weighted by Gasteiger charge is 2.10. The minimum Gasteiger partial charge on any atom is -0.359 e. The van der Waals surface area contributed by atoms with Crippen LogP contribution in [0.5, 0.6) is 0 Å². The minimum absolute atomic E-state index is 0.0114. The zero-order chi connectivity index (χ0) is 13.0. The maximum atomic E-state index is 11.3. The molecule has 3 N–H and O–H groups in total. The molecule has 0 heterocycles. The van der Waals surface area contributed by atoms with Gasteiger partial charge in [-0.3, -0.25) is 4.79 Å². The van der Waals surface area contributed by atoms with Gasteiger partial charge in [0, 0.05) is 19.5 Å². The molecule has 18 heavy (non-hydrogen) atoms. The molecular formula is C15H18N2O. The summed E-state index contributed by atoms with van der Waals surface area (Å²) in [4.78, 5) is 11.3. The second-order valence-corrected chi connectivity index (χ2v) is 4.48. The first-order valence-corrected chi connectivity index (χ1v) is 6.13. The zero-order valence-electron chi connectivity index (χ0n) is 10.5. The van der Waals surface area contributed by atoms with Gasteiger partial charge in [0.05, 0.1) is 0 Å². The second-order valence-electron chi connectivity index (χ2n) is 4.48. The summed E-state index contributed by atoms with van der Waals surface area (Å²) in [6.45, 7) is 0. The lowest BCUT2D eigenvalue weighted by Gasteiger charge is -2.12. The smallest absolute Gasteiger partial charge is 0.221 e. The van der Waals surface area contributed by atoms with Crippen molar-refractivity contribution in [2.24, 2.45) is 5.73 Å². The first kappa shape index (κ1) is 12.6. The Labute approximate surface area is 107 Å². The molecule has 3 nitrogen and oxygen atoms in total. The third-order valence-electron chi connectivity index (χ3n) is 3.09. The molecule has 0 aromatic heterocycles. The summed E-state index contributed by atoms with van der Waals surface area (Å²) in [5, 5.41) is 5.03. The Balaban J connectivity index is 2.19. The van der Waals surface area contributed by atoms with Crippen molar-refractivity contribution in [2.75, 3.05) is 7.05 Å². The molecule has 1 amide bonds. The molecule has 0 saturated heterocycles. The lowest BCUT2D eigenvalue weighted by molar-refractivity contribution is -0.120. The lowest BCUT2D eigenvalue weighted by Crippen LogP contribution is -2.31. The van der Waals surface area contributed by atoms with Crippen LogP contribution in [0.4, 0.5) is 0 Å². The van der Waals surface area contributed by atoms with Crippen LogP contribution in [0.2, 0.25) is 0 Å². The van der Waals surface area contributed by atoms with E-state index in [0.29, 0.717) is 6.42 Å². The Morgan fingerprint density at radius 2 is 1.94 bits per heavy atom. The SMILES string of the molecule is CNC(=O)CC(N)Cc1cccc2ccccc12. The molecule has 94 valence electrons. The molecule has 0 radical (unpaired) electrons.